The van der Waals surface area contributed by atoms with E-state index in [0.717, 1.165) is 22.5 Å². The number of Topliss-reactive ketones (excluding diaryl/α,β-unsaturated/α-hetero) is 1. The van der Waals surface area contributed by atoms with Gasteiger partial charge in [-0.2, -0.15) is 0 Å². The van der Waals surface area contributed by atoms with Crippen LogP contribution in [0.15, 0.2) is 66.7 Å². The lowest BCUT2D eigenvalue weighted by Crippen LogP contribution is -2.34. The first kappa shape index (κ1) is 22.3. The van der Waals surface area contributed by atoms with Gasteiger partial charge in [-0.05, 0) is 49.7 Å². The molecule has 5 N–H and O–H groups in total. The zero-order valence-corrected chi connectivity index (χ0v) is 18.2. The Labute approximate surface area is 186 Å². The molecule has 0 radical (unpaired) electrons. The standard InChI is InChI=1S/C16H14ClNO.C8H11N3O/c1-10-2-4-11(5-3-10)15-9-16(19)13-8-12(17)6-7-14(13)18-15;1-6-2-4-7(5-3-6)10-8(12)11-9/h2-8,15,18H,9H2,1H3;2-5H,9H2,1H3,(H2,10,11,12). The fraction of sp³-hybridized carbons (Fsp3) is 0.167. The van der Waals surface area contributed by atoms with Crippen molar-refractivity contribution in [1.29, 1.82) is 0 Å². The summed E-state index contributed by atoms with van der Waals surface area (Å²) in [5, 5.41) is 6.55. The van der Waals surface area contributed by atoms with Crippen molar-refractivity contribution in [3.63, 3.8) is 0 Å². The van der Waals surface area contributed by atoms with Gasteiger partial charge in [-0.15, -0.1) is 0 Å². The number of carbonyl (C=O) groups is 2. The maximum absolute atomic E-state index is 12.2. The zero-order valence-electron chi connectivity index (χ0n) is 17.4. The monoisotopic (exact) mass is 436 g/mol. The van der Waals surface area contributed by atoms with Crippen LogP contribution in [0, 0.1) is 13.8 Å². The van der Waals surface area contributed by atoms with Gasteiger partial charge >= 0.3 is 6.03 Å². The zero-order chi connectivity index (χ0) is 22.4. The summed E-state index contributed by atoms with van der Waals surface area (Å²) in [4.78, 5) is 22.9. The van der Waals surface area contributed by atoms with Gasteiger partial charge in [-0.25, -0.2) is 10.6 Å². The third-order valence-corrected chi connectivity index (χ3v) is 5.16. The second-order valence-corrected chi connectivity index (χ2v) is 7.83. The number of nitrogens with two attached hydrogens (primary N) is 1. The molecule has 3 aromatic rings. The number of benzene rings is 3. The summed E-state index contributed by atoms with van der Waals surface area (Å²) < 4.78 is 0. The average Bonchev–Trinajstić information content (AvgIpc) is 2.76. The molecule has 31 heavy (non-hydrogen) atoms. The van der Waals surface area contributed by atoms with E-state index < -0.39 is 6.03 Å². The highest BCUT2D eigenvalue weighted by Crippen LogP contribution is 2.33. The fourth-order valence-corrected chi connectivity index (χ4v) is 3.38. The first-order valence-corrected chi connectivity index (χ1v) is 10.2. The van der Waals surface area contributed by atoms with Crippen LogP contribution in [0.1, 0.15) is 39.5 Å². The molecular weight excluding hydrogens is 412 g/mol. The average molecular weight is 437 g/mol. The Balaban J connectivity index is 0.000000196. The number of carbonyl (C=O) groups excluding carboxylic acids is 2. The summed E-state index contributed by atoms with van der Waals surface area (Å²) in [6.07, 6.45) is 0.469. The Morgan fingerprint density at radius 3 is 2.23 bits per heavy atom. The van der Waals surface area contributed by atoms with Crippen LogP contribution in [0.5, 0.6) is 0 Å². The van der Waals surface area contributed by atoms with Gasteiger partial charge in [0.25, 0.3) is 0 Å². The van der Waals surface area contributed by atoms with E-state index in [4.69, 9.17) is 17.4 Å². The Morgan fingerprint density at radius 2 is 1.61 bits per heavy atom. The molecule has 0 aromatic heterocycles. The Hall–Kier alpha value is -3.35. The number of nitrogens with one attached hydrogen (secondary N) is 3. The van der Waals surface area contributed by atoms with Crippen molar-refractivity contribution in [2.24, 2.45) is 5.84 Å². The van der Waals surface area contributed by atoms with Gasteiger partial charge in [-0.1, -0.05) is 59.1 Å². The topological polar surface area (TPSA) is 96.2 Å². The predicted octanol–water partition coefficient (Wildman–Crippen LogP) is 5.38. The first-order valence-electron chi connectivity index (χ1n) is 9.86. The van der Waals surface area contributed by atoms with Crippen LogP contribution >= 0.6 is 11.6 Å². The number of hydrazine groups is 1. The molecule has 1 aliphatic rings. The SMILES string of the molecule is Cc1ccc(C2CC(=O)c3cc(Cl)ccc3N2)cc1.Cc1ccc(NC(=O)NN)cc1. The van der Waals surface area contributed by atoms with E-state index in [1.165, 1.54) is 5.56 Å². The normalized spacial score (nSPS) is 14.5. The molecule has 0 aliphatic carbocycles. The van der Waals surface area contributed by atoms with Crippen molar-refractivity contribution >= 4 is 34.8 Å². The first-order chi connectivity index (χ1) is 14.9. The third kappa shape index (κ3) is 6.07. The molecular formula is C24H25ClN4O2. The number of amides is 2. The van der Waals surface area contributed by atoms with Crippen LogP contribution in [0.2, 0.25) is 5.02 Å². The summed E-state index contributed by atoms with van der Waals surface area (Å²) in [5.41, 5.74) is 7.77. The number of ketones is 1. The summed E-state index contributed by atoms with van der Waals surface area (Å²) in [7, 11) is 0. The number of anilines is 2. The molecule has 4 rings (SSSR count). The molecule has 3 aromatic carbocycles. The van der Waals surface area contributed by atoms with Crippen LogP contribution in [0.3, 0.4) is 0 Å². The molecule has 1 atom stereocenters. The minimum atomic E-state index is -0.418. The van der Waals surface area contributed by atoms with Crippen molar-refractivity contribution in [3.8, 4) is 0 Å². The number of urea groups is 1. The summed E-state index contributed by atoms with van der Waals surface area (Å²) in [6, 6.07) is 20.7. The van der Waals surface area contributed by atoms with Gasteiger partial charge in [0.05, 0.1) is 6.04 Å². The van der Waals surface area contributed by atoms with Crippen molar-refractivity contribution in [2.45, 2.75) is 26.3 Å². The van der Waals surface area contributed by atoms with E-state index in [2.05, 4.69) is 41.8 Å². The molecule has 7 heteroatoms. The molecule has 0 saturated carbocycles. The molecule has 2 amide bonds. The lowest BCUT2D eigenvalue weighted by atomic mass is 9.92. The second-order valence-electron chi connectivity index (χ2n) is 7.39. The van der Waals surface area contributed by atoms with Crippen LogP contribution in [0.25, 0.3) is 0 Å². The van der Waals surface area contributed by atoms with Gasteiger partial charge < -0.3 is 10.6 Å². The summed E-state index contributed by atoms with van der Waals surface area (Å²) in [6.45, 7) is 4.04. The number of hydrogen-bond donors (Lipinski definition) is 4. The highest BCUT2D eigenvalue weighted by molar-refractivity contribution is 6.31. The summed E-state index contributed by atoms with van der Waals surface area (Å²) >= 11 is 5.93. The van der Waals surface area contributed by atoms with E-state index in [9.17, 15) is 9.59 Å². The molecule has 1 aliphatic heterocycles. The van der Waals surface area contributed by atoms with Crippen molar-refractivity contribution in [3.05, 3.63) is 94.0 Å². The Kier molecular flexibility index (Phi) is 7.28. The van der Waals surface area contributed by atoms with E-state index in [-0.39, 0.29) is 11.8 Å². The van der Waals surface area contributed by atoms with Gasteiger partial charge in [0.1, 0.15) is 0 Å². The number of fused-ring (bicyclic) bond motifs is 1. The van der Waals surface area contributed by atoms with Crippen LogP contribution in [-0.4, -0.2) is 11.8 Å². The Morgan fingerprint density at radius 1 is 1.00 bits per heavy atom. The minimum absolute atomic E-state index is 0.0433. The van der Waals surface area contributed by atoms with Crippen molar-refractivity contribution in [1.82, 2.24) is 5.43 Å². The molecule has 0 saturated heterocycles. The third-order valence-electron chi connectivity index (χ3n) is 4.92. The predicted molar refractivity (Wildman–Crippen MR) is 125 cm³/mol. The van der Waals surface area contributed by atoms with E-state index in [0.29, 0.717) is 17.0 Å². The minimum Gasteiger partial charge on any atom is -0.377 e. The number of aryl methyl sites for hydroxylation is 2. The van der Waals surface area contributed by atoms with Gasteiger partial charge in [0.2, 0.25) is 0 Å². The highest BCUT2D eigenvalue weighted by Gasteiger charge is 2.25. The molecule has 1 unspecified atom stereocenters. The maximum Gasteiger partial charge on any atom is 0.333 e. The largest absolute Gasteiger partial charge is 0.377 e. The van der Waals surface area contributed by atoms with E-state index in [1.807, 2.05) is 42.7 Å². The van der Waals surface area contributed by atoms with Crippen LogP contribution in [0.4, 0.5) is 16.2 Å². The molecule has 6 nitrogen and oxygen atoms in total. The number of rotatable bonds is 2. The smallest absolute Gasteiger partial charge is 0.333 e. The van der Waals surface area contributed by atoms with Gasteiger partial charge in [0.15, 0.2) is 5.78 Å². The second kappa shape index (κ2) is 10.1. The maximum atomic E-state index is 12.2. The van der Waals surface area contributed by atoms with Crippen molar-refractivity contribution < 1.29 is 9.59 Å². The molecule has 0 fully saturated rings. The van der Waals surface area contributed by atoms with Crippen LogP contribution < -0.4 is 21.9 Å². The number of halogens is 1. The van der Waals surface area contributed by atoms with Gasteiger partial charge in [-0.3, -0.25) is 10.2 Å². The quantitative estimate of drug-likeness (QED) is 0.246. The van der Waals surface area contributed by atoms with Gasteiger partial charge in [0, 0.05) is 28.4 Å². The van der Waals surface area contributed by atoms with E-state index in [1.54, 1.807) is 12.1 Å². The molecule has 0 spiro atoms. The lowest BCUT2D eigenvalue weighted by Gasteiger charge is -2.26. The van der Waals surface area contributed by atoms with E-state index >= 15 is 0 Å². The van der Waals surface area contributed by atoms with Crippen molar-refractivity contribution in [2.75, 3.05) is 10.6 Å². The van der Waals surface area contributed by atoms with Crippen LogP contribution in [-0.2, 0) is 0 Å². The Bertz CT molecular complexity index is 1070. The summed E-state index contributed by atoms with van der Waals surface area (Å²) in [5.74, 6) is 5.03. The lowest BCUT2D eigenvalue weighted by molar-refractivity contribution is 0.0972. The molecule has 160 valence electrons. The number of hydrogen-bond acceptors (Lipinski definition) is 4. The fourth-order valence-electron chi connectivity index (χ4n) is 3.21. The molecule has 0 bridgehead atoms. The molecule has 1 heterocycles. The highest BCUT2D eigenvalue weighted by atomic mass is 35.5.